The van der Waals surface area contributed by atoms with Crippen molar-refractivity contribution in [2.24, 2.45) is 0 Å². The molecule has 0 unspecified atom stereocenters. The van der Waals surface area contributed by atoms with Gasteiger partial charge in [-0.05, 0) is 45.7 Å². The van der Waals surface area contributed by atoms with E-state index < -0.39 is 21.0 Å². The van der Waals surface area contributed by atoms with Gasteiger partial charge in [-0.15, -0.1) is 0 Å². The molecule has 0 radical (unpaired) electrons. The van der Waals surface area contributed by atoms with E-state index in [2.05, 4.69) is 5.32 Å². The fourth-order valence-corrected chi connectivity index (χ4v) is 3.25. The van der Waals surface area contributed by atoms with Crippen LogP contribution in [-0.2, 0) is 20.4 Å². The van der Waals surface area contributed by atoms with Crippen molar-refractivity contribution in [3.05, 3.63) is 34.9 Å². The number of rotatable bonds is 5. The largest absolute Gasteiger partial charge is 0.353 e. The molecule has 1 N–H and O–H groups in total. The molecule has 0 aliphatic carbocycles. The predicted octanol–water partition coefficient (Wildman–Crippen LogP) is 2.13. The second-order valence-electron chi connectivity index (χ2n) is 5.54. The summed E-state index contributed by atoms with van der Waals surface area (Å²) in [6.07, 6.45) is 0. The summed E-state index contributed by atoms with van der Waals surface area (Å²) in [6, 6.07) is 5.64. The molecule has 1 amide bonds. The predicted molar refractivity (Wildman–Crippen MR) is 81.3 cm³/mol. The Labute approximate surface area is 121 Å². The minimum absolute atomic E-state index is 0.0687. The number of carbonyl (C=O) groups is 1. The molecule has 0 aliphatic rings. The van der Waals surface area contributed by atoms with E-state index in [4.69, 9.17) is 0 Å². The molecule has 1 aromatic rings. The fraction of sp³-hybridized carbons (Fsp3) is 0.533. The number of benzene rings is 1. The van der Waals surface area contributed by atoms with Gasteiger partial charge in [0, 0.05) is 6.04 Å². The fourth-order valence-electron chi connectivity index (χ4n) is 1.86. The zero-order valence-corrected chi connectivity index (χ0v) is 13.5. The van der Waals surface area contributed by atoms with Gasteiger partial charge in [0.1, 0.15) is 5.25 Å². The first-order chi connectivity index (χ1) is 9.13. The van der Waals surface area contributed by atoms with Gasteiger partial charge in [-0.3, -0.25) is 4.79 Å². The van der Waals surface area contributed by atoms with Crippen LogP contribution in [0.2, 0.25) is 0 Å². The van der Waals surface area contributed by atoms with Crippen molar-refractivity contribution in [2.75, 3.05) is 0 Å². The molecule has 0 aliphatic heterocycles. The highest BCUT2D eigenvalue weighted by atomic mass is 32.2. The van der Waals surface area contributed by atoms with Gasteiger partial charge in [0.2, 0.25) is 5.91 Å². The van der Waals surface area contributed by atoms with Gasteiger partial charge in [0.15, 0.2) is 9.84 Å². The average molecular weight is 297 g/mol. The molecule has 1 rings (SSSR count). The van der Waals surface area contributed by atoms with Crippen molar-refractivity contribution < 1.29 is 13.2 Å². The van der Waals surface area contributed by atoms with Gasteiger partial charge in [-0.2, -0.15) is 0 Å². The highest BCUT2D eigenvalue weighted by molar-refractivity contribution is 7.92. The summed E-state index contributed by atoms with van der Waals surface area (Å²) in [6.45, 7) is 8.86. The molecule has 0 bridgehead atoms. The summed E-state index contributed by atoms with van der Waals surface area (Å²) in [5, 5.41) is 1.61. The maximum atomic E-state index is 12.3. The summed E-state index contributed by atoms with van der Waals surface area (Å²) in [5.41, 5.74) is 2.70. The summed E-state index contributed by atoms with van der Waals surface area (Å²) in [4.78, 5) is 11.9. The lowest BCUT2D eigenvalue weighted by molar-refractivity contribution is -0.120. The lowest BCUT2D eigenvalue weighted by atomic mass is 10.1. The Hall–Kier alpha value is -1.36. The Morgan fingerprint density at radius 1 is 1.20 bits per heavy atom. The number of nitrogens with one attached hydrogen (secondary N) is 1. The number of carbonyl (C=O) groups excluding carboxylic acids is 1. The molecule has 5 heteroatoms. The van der Waals surface area contributed by atoms with Crippen molar-refractivity contribution in [1.82, 2.24) is 5.32 Å². The van der Waals surface area contributed by atoms with Crippen molar-refractivity contribution in [2.45, 2.75) is 51.7 Å². The third kappa shape index (κ3) is 4.34. The van der Waals surface area contributed by atoms with E-state index in [1.54, 1.807) is 0 Å². The summed E-state index contributed by atoms with van der Waals surface area (Å²) < 4.78 is 24.7. The van der Waals surface area contributed by atoms with Gasteiger partial charge in [-0.25, -0.2) is 8.42 Å². The molecule has 0 spiro atoms. The third-order valence-electron chi connectivity index (χ3n) is 3.20. The van der Waals surface area contributed by atoms with Crippen LogP contribution in [0.15, 0.2) is 18.2 Å². The second-order valence-corrected chi connectivity index (χ2v) is 7.86. The maximum Gasteiger partial charge on any atom is 0.238 e. The second kappa shape index (κ2) is 6.39. The smallest absolute Gasteiger partial charge is 0.238 e. The molecule has 1 atom stereocenters. The van der Waals surface area contributed by atoms with Crippen LogP contribution >= 0.6 is 0 Å². The number of amides is 1. The van der Waals surface area contributed by atoms with Crippen LogP contribution in [0, 0.1) is 13.8 Å². The molecule has 0 aromatic heterocycles. The van der Waals surface area contributed by atoms with Gasteiger partial charge in [0.25, 0.3) is 0 Å². The van der Waals surface area contributed by atoms with Gasteiger partial charge < -0.3 is 5.32 Å². The lowest BCUT2D eigenvalue weighted by Gasteiger charge is -2.16. The summed E-state index contributed by atoms with van der Waals surface area (Å²) in [7, 11) is -3.51. The molecule has 112 valence electrons. The Balaban J connectivity index is 2.94. The standard InChI is InChI=1S/C15H23NO3S/c1-10(2)16-15(17)13(5)20(18,19)9-14-8-11(3)6-7-12(14)4/h6-8,10,13H,9H2,1-5H3,(H,16,17)/t13-/m1/s1. The molecule has 1 aromatic carbocycles. The van der Waals surface area contributed by atoms with E-state index >= 15 is 0 Å². The summed E-state index contributed by atoms with van der Waals surface area (Å²) >= 11 is 0. The van der Waals surface area contributed by atoms with Gasteiger partial charge in [-0.1, -0.05) is 23.8 Å². The Bertz CT molecular complexity index is 591. The van der Waals surface area contributed by atoms with E-state index in [-0.39, 0.29) is 11.8 Å². The average Bonchev–Trinajstić information content (AvgIpc) is 2.31. The van der Waals surface area contributed by atoms with Crippen LogP contribution in [0.3, 0.4) is 0 Å². The van der Waals surface area contributed by atoms with Crippen molar-refractivity contribution in [3.8, 4) is 0 Å². The molecule has 0 heterocycles. The molecule has 0 fully saturated rings. The molecular formula is C15H23NO3S. The van der Waals surface area contributed by atoms with Gasteiger partial charge >= 0.3 is 0 Å². The van der Waals surface area contributed by atoms with Crippen LogP contribution in [-0.4, -0.2) is 25.6 Å². The molecule has 4 nitrogen and oxygen atoms in total. The van der Waals surface area contributed by atoms with Crippen molar-refractivity contribution in [3.63, 3.8) is 0 Å². The number of hydrogen-bond donors (Lipinski definition) is 1. The van der Waals surface area contributed by atoms with Crippen molar-refractivity contribution >= 4 is 15.7 Å². The molecular weight excluding hydrogens is 274 g/mol. The number of sulfone groups is 1. The maximum absolute atomic E-state index is 12.3. The molecule has 20 heavy (non-hydrogen) atoms. The van der Waals surface area contributed by atoms with Gasteiger partial charge in [0.05, 0.1) is 5.75 Å². The zero-order valence-electron chi connectivity index (χ0n) is 12.7. The van der Waals surface area contributed by atoms with E-state index in [0.29, 0.717) is 0 Å². The van der Waals surface area contributed by atoms with E-state index in [1.807, 2.05) is 45.9 Å². The first-order valence-corrected chi connectivity index (χ1v) is 8.43. The quantitative estimate of drug-likeness (QED) is 0.905. The number of aryl methyl sites for hydroxylation is 2. The van der Waals surface area contributed by atoms with Crippen LogP contribution < -0.4 is 5.32 Å². The SMILES string of the molecule is Cc1ccc(C)c(CS(=O)(=O)[C@H](C)C(=O)NC(C)C)c1. The Morgan fingerprint density at radius 2 is 1.80 bits per heavy atom. The highest BCUT2D eigenvalue weighted by Crippen LogP contribution is 2.17. The van der Waals surface area contributed by atoms with Crippen LogP contribution in [0.25, 0.3) is 0 Å². The summed E-state index contributed by atoms with van der Waals surface area (Å²) in [5.74, 6) is -0.544. The topological polar surface area (TPSA) is 63.2 Å². The van der Waals surface area contributed by atoms with E-state index in [9.17, 15) is 13.2 Å². The first-order valence-electron chi connectivity index (χ1n) is 6.71. The number of hydrogen-bond acceptors (Lipinski definition) is 3. The van der Waals surface area contributed by atoms with E-state index in [1.165, 1.54) is 6.92 Å². The Kier molecular flexibility index (Phi) is 5.34. The first kappa shape index (κ1) is 16.7. The minimum atomic E-state index is -3.51. The normalized spacial score (nSPS) is 13.3. The molecule has 0 saturated heterocycles. The van der Waals surface area contributed by atoms with E-state index in [0.717, 1.165) is 16.7 Å². The van der Waals surface area contributed by atoms with Crippen LogP contribution in [0.1, 0.15) is 37.5 Å². The lowest BCUT2D eigenvalue weighted by Crippen LogP contribution is -2.41. The molecule has 0 saturated carbocycles. The third-order valence-corrected chi connectivity index (χ3v) is 5.20. The highest BCUT2D eigenvalue weighted by Gasteiger charge is 2.28. The van der Waals surface area contributed by atoms with Crippen LogP contribution in [0.4, 0.5) is 0 Å². The monoisotopic (exact) mass is 297 g/mol. The zero-order chi connectivity index (χ0) is 15.5. The van der Waals surface area contributed by atoms with Crippen molar-refractivity contribution in [1.29, 1.82) is 0 Å². The minimum Gasteiger partial charge on any atom is -0.353 e. The Morgan fingerprint density at radius 3 is 2.35 bits per heavy atom. The van der Waals surface area contributed by atoms with Crippen LogP contribution in [0.5, 0.6) is 0 Å².